The Balaban J connectivity index is 1.88. The largest absolute Gasteiger partial charge is 0.370 e. The van der Waals surface area contributed by atoms with Crippen LogP contribution in [0.15, 0.2) is 17.2 Å². The fraction of sp³-hybridized carbons (Fsp3) is 0.333. The molecule has 2 aromatic rings. The number of hydrogen-bond acceptors (Lipinski definition) is 6. The molecule has 0 aliphatic rings. The van der Waals surface area contributed by atoms with Gasteiger partial charge in [0.25, 0.3) is 0 Å². The van der Waals surface area contributed by atoms with Crippen LogP contribution in [0.1, 0.15) is 0 Å². The Morgan fingerprint density at radius 2 is 2.44 bits per heavy atom. The van der Waals surface area contributed by atoms with E-state index in [1.165, 1.54) is 10.7 Å². The van der Waals surface area contributed by atoms with Gasteiger partial charge < -0.3 is 15.8 Å². The lowest BCUT2D eigenvalue weighted by Gasteiger charge is -2.05. The average molecular weight is 252 g/mol. The zero-order valence-corrected chi connectivity index (χ0v) is 9.42. The second-order valence-corrected chi connectivity index (χ2v) is 3.48. The van der Waals surface area contributed by atoms with E-state index in [-0.39, 0.29) is 12.3 Å². The van der Waals surface area contributed by atoms with Gasteiger partial charge >= 0.3 is 5.69 Å². The molecule has 9 nitrogen and oxygen atoms in total. The molecule has 0 saturated heterocycles. The highest BCUT2D eigenvalue weighted by Gasteiger charge is 2.01. The van der Waals surface area contributed by atoms with Crippen LogP contribution in [0, 0.1) is 0 Å². The molecule has 0 aliphatic carbocycles. The lowest BCUT2D eigenvalue weighted by Crippen LogP contribution is -2.20. The van der Waals surface area contributed by atoms with Gasteiger partial charge in [0.1, 0.15) is 18.8 Å². The van der Waals surface area contributed by atoms with Crippen molar-refractivity contribution in [2.75, 3.05) is 25.1 Å². The summed E-state index contributed by atoms with van der Waals surface area (Å²) in [6, 6.07) is 1.62. The number of aromatic amines is 1. The topological polar surface area (TPSA) is 127 Å². The molecule has 0 aromatic carbocycles. The lowest BCUT2D eigenvalue weighted by atomic mass is 10.5. The van der Waals surface area contributed by atoms with E-state index in [0.29, 0.717) is 24.6 Å². The first-order chi connectivity index (χ1) is 8.66. The number of hydrogen-bond donors (Lipinski definition) is 3. The van der Waals surface area contributed by atoms with Gasteiger partial charge in [0.15, 0.2) is 5.65 Å². The molecule has 0 saturated carbocycles. The molecular weight excluding hydrogens is 240 g/mol. The highest BCUT2D eigenvalue weighted by molar-refractivity contribution is 5.74. The number of primary amides is 1. The van der Waals surface area contributed by atoms with E-state index in [4.69, 9.17) is 10.5 Å². The molecule has 1 amide bonds. The molecule has 96 valence electrons. The van der Waals surface area contributed by atoms with Crippen molar-refractivity contribution in [3.05, 3.63) is 22.9 Å². The fourth-order valence-electron chi connectivity index (χ4n) is 1.33. The standard InChI is InChI=1S/C9H12N6O3/c10-6(16)4-18-2-1-11-7-3-8-13-14-9(17)15(8)5-12-7/h3,5,11H,1-2,4H2,(H2,10,16)(H,14,17). The first kappa shape index (κ1) is 12.0. The summed E-state index contributed by atoms with van der Waals surface area (Å²) in [7, 11) is 0. The molecule has 0 fully saturated rings. The van der Waals surface area contributed by atoms with Gasteiger partial charge in [-0.25, -0.2) is 19.3 Å². The average Bonchev–Trinajstić information content (AvgIpc) is 2.70. The summed E-state index contributed by atoms with van der Waals surface area (Å²) >= 11 is 0. The molecule has 0 aliphatic heterocycles. The minimum atomic E-state index is -0.509. The maximum Gasteiger partial charge on any atom is 0.348 e. The smallest absolute Gasteiger partial charge is 0.348 e. The predicted octanol–water partition coefficient (Wildman–Crippen LogP) is -1.67. The normalized spacial score (nSPS) is 10.7. The van der Waals surface area contributed by atoms with Crippen molar-refractivity contribution >= 4 is 17.4 Å². The first-order valence-corrected chi connectivity index (χ1v) is 5.19. The van der Waals surface area contributed by atoms with Crippen LogP contribution in [-0.2, 0) is 9.53 Å². The predicted molar refractivity (Wildman–Crippen MR) is 62.1 cm³/mol. The third-order valence-electron chi connectivity index (χ3n) is 2.11. The van der Waals surface area contributed by atoms with Crippen molar-refractivity contribution in [3.8, 4) is 0 Å². The number of nitrogens with two attached hydrogens (primary N) is 1. The van der Waals surface area contributed by atoms with Crippen LogP contribution in [0.3, 0.4) is 0 Å². The van der Waals surface area contributed by atoms with Gasteiger partial charge in [-0.1, -0.05) is 0 Å². The van der Waals surface area contributed by atoms with E-state index in [1.807, 2.05) is 0 Å². The number of nitrogens with zero attached hydrogens (tertiary/aromatic N) is 3. The van der Waals surface area contributed by atoms with Crippen LogP contribution in [0.4, 0.5) is 5.82 Å². The summed E-state index contributed by atoms with van der Waals surface area (Å²) in [5.74, 6) is 0.0506. The number of rotatable bonds is 6. The second kappa shape index (κ2) is 5.27. The Labute approximate surface area is 101 Å². The van der Waals surface area contributed by atoms with Gasteiger partial charge in [0.05, 0.1) is 6.61 Å². The molecule has 9 heteroatoms. The maximum atomic E-state index is 11.2. The van der Waals surface area contributed by atoms with Crippen molar-refractivity contribution in [2.45, 2.75) is 0 Å². The fourth-order valence-corrected chi connectivity index (χ4v) is 1.33. The molecule has 0 unspecified atom stereocenters. The Kier molecular flexibility index (Phi) is 3.53. The number of amides is 1. The molecular formula is C9H12N6O3. The van der Waals surface area contributed by atoms with Gasteiger partial charge in [-0.3, -0.25) is 4.79 Å². The zero-order chi connectivity index (χ0) is 13.0. The molecule has 2 heterocycles. The number of fused-ring (bicyclic) bond motifs is 1. The minimum absolute atomic E-state index is 0.108. The summed E-state index contributed by atoms with van der Waals surface area (Å²) < 4.78 is 6.25. The monoisotopic (exact) mass is 252 g/mol. The van der Waals surface area contributed by atoms with Crippen LogP contribution in [0.2, 0.25) is 0 Å². The molecule has 0 atom stereocenters. The third kappa shape index (κ3) is 2.83. The minimum Gasteiger partial charge on any atom is -0.370 e. The second-order valence-electron chi connectivity index (χ2n) is 3.48. The van der Waals surface area contributed by atoms with Crippen molar-refractivity contribution in [1.82, 2.24) is 19.6 Å². The van der Waals surface area contributed by atoms with Crippen molar-refractivity contribution in [1.29, 1.82) is 0 Å². The van der Waals surface area contributed by atoms with Crippen LogP contribution in [0.25, 0.3) is 5.65 Å². The van der Waals surface area contributed by atoms with Crippen LogP contribution < -0.4 is 16.7 Å². The Morgan fingerprint density at radius 3 is 3.22 bits per heavy atom. The van der Waals surface area contributed by atoms with E-state index in [0.717, 1.165) is 0 Å². The molecule has 0 radical (unpaired) electrons. The van der Waals surface area contributed by atoms with Crippen LogP contribution in [0.5, 0.6) is 0 Å². The zero-order valence-electron chi connectivity index (χ0n) is 9.42. The molecule has 4 N–H and O–H groups in total. The van der Waals surface area contributed by atoms with Gasteiger partial charge in [-0.05, 0) is 0 Å². The number of ether oxygens (including phenoxy) is 1. The highest BCUT2D eigenvalue weighted by atomic mass is 16.5. The summed E-state index contributed by atoms with van der Waals surface area (Å²) in [4.78, 5) is 25.6. The number of carbonyl (C=O) groups excluding carboxylic acids is 1. The number of anilines is 1. The third-order valence-corrected chi connectivity index (χ3v) is 2.11. The van der Waals surface area contributed by atoms with Gasteiger partial charge in [-0.2, -0.15) is 5.10 Å². The number of carbonyl (C=O) groups is 1. The summed E-state index contributed by atoms with van der Waals surface area (Å²) in [6.07, 6.45) is 1.37. The van der Waals surface area contributed by atoms with E-state index in [2.05, 4.69) is 20.5 Å². The number of H-pyrrole nitrogens is 1. The molecule has 2 aromatic heterocycles. The Bertz CT molecular complexity index is 604. The van der Waals surface area contributed by atoms with Crippen LogP contribution in [-0.4, -0.2) is 45.2 Å². The SMILES string of the molecule is NC(=O)COCCNc1cc2n[nH]c(=O)n2cn1. The number of nitrogens with one attached hydrogen (secondary N) is 2. The van der Waals surface area contributed by atoms with E-state index < -0.39 is 5.91 Å². The number of aromatic nitrogens is 4. The summed E-state index contributed by atoms with van der Waals surface area (Å²) in [6.45, 7) is 0.678. The van der Waals surface area contributed by atoms with Crippen molar-refractivity contribution in [2.24, 2.45) is 5.73 Å². The quantitative estimate of drug-likeness (QED) is 0.527. The maximum absolute atomic E-state index is 11.2. The first-order valence-electron chi connectivity index (χ1n) is 5.19. The lowest BCUT2D eigenvalue weighted by molar-refractivity contribution is -0.122. The molecule has 18 heavy (non-hydrogen) atoms. The summed E-state index contributed by atoms with van der Waals surface area (Å²) in [5, 5.41) is 9.07. The van der Waals surface area contributed by atoms with Gasteiger partial charge in [-0.15, -0.1) is 0 Å². The van der Waals surface area contributed by atoms with E-state index in [1.54, 1.807) is 6.07 Å². The molecule has 2 rings (SSSR count). The molecule has 0 spiro atoms. The molecule has 0 bridgehead atoms. The van der Waals surface area contributed by atoms with Crippen molar-refractivity contribution < 1.29 is 9.53 Å². The van der Waals surface area contributed by atoms with Crippen LogP contribution >= 0.6 is 0 Å². The van der Waals surface area contributed by atoms with E-state index in [9.17, 15) is 9.59 Å². The van der Waals surface area contributed by atoms with E-state index >= 15 is 0 Å². The Morgan fingerprint density at radius 1 is 1.61 bits per heavy atom. The summed E-state index contributed by atoms with van der Waals surface area (Å²) in [5.41, 5.74) is 5.04. The van der Waals surface area contributed by atoms with Gasteiger partial charge in [0.2, 0.25) is 5.91 Å². The highest BCUT2D eigenvalue weighted by Crippen LogP contribution is 2.03. The van der Waals surface area contributed by atoms with Gasteiger partial charge in [0, 0.05) is 12.6 Å². The van der Waals surface area contributed by atoms with Crippen molar-refractivity contribution in [3.63, 3.8) is 0 Å². The Hall–Kier alpha value is -2.42.